The molecule has 11 heteroatoms. The third kappa shape index (κ3) is 43.7. The average molecular weight is 1110 g/mol. The molecular formula is C68H123NO10. The molecule has 79 heavy (non-hydrogen) atoms. The lowest BCUT2D eigenvalue weighted by Gasteiger charge is -2.41. The number of nitrogens with one attached hydrogen (secondary N) is 1. The van der Waals surface area contributed by atoms with E-state index in [1.165, 1.54) is 173 Å². The van der Waals surface area contributed by atoms with Gasteiger partial charge in [-0.1, -0.05) is 281 Å². The number of allylic oxidation sites excluding steroid dienone is 9. The van der Waals surface area contributed by atoms with Gasteiger partial charge in [0, 0.05) is 6.42 Å². The molecule has 0 bridgehead atoms. The van der Waals surface area contributed by atoms with E-state index < -0.39 is 67.4 Å². The maximum absolute atomic E-state index is 13.4. The van der Waals surface area contributed by atoms with Gasteiger partial charge in [0.1, 0.15) is 24.4 Å². The number of amides is 1. The van der Waals surface area contributed by atoms with Crippen LogP contribution in [0.1, 0.15) is 297 Å². The highest BCUT2D eigenvalue weighted by molar-refractivity contribution is 5.80. The first-order valence-corrected chi connectivity index (χ1v) is 33.1. The molecule has 1 rings (SSSR count). The summed E-state index contributed by atoms with van der Waals surface area (Å²) in [5.41, 5.74) is 0. The van der Waals surface area contributed by atoms with E-state index in [2.05, 4.69) is 74.7 Å². The van der Waals surface area contributed by atoms with Crippen LogP contribution in [0.3, 0.4) is 0 Å². The molecule has 8 unspecified atom stereocenters. The molecule has 0 saturated carbocycles. The summed E-state index contributed by atoms with van der Waals surface area (Å²) >= 11 is 0. The van der Waals surface area contributed by atoms with Gasteiger partial charge in [0.15, 0.2) is 12.4 Å². The van der Waals surface area contributed by atoms with Crippen molar-refractivity contribution >= 4 is 11.9 Å². The summed E-state index contributed by atoms with van der Waals surface area (Å²) in [6, 6.07) is -1.04. The molecule has 1 aliphatic heterocycles. The zero-order valence-corrected chi connectivity index (χ0v) is 51.0. The summed E-state index contributed by atoms with van der Waals surface area (Å²) in [5.74, 6) is -1.22. The zero-order chi connectivity index (χ0) is 57.5. The second-order valence-electron chi connectivity index (χ2n) is 22.9. The minimum atomic E-state index is -1.62. The fraction of sp³-hybridized carbons (Fsp3) is 0.824. The van der Waals surface area contributed by atoms with Gasteiger partial charge in [0.05, 0.1) is 25.4 Å². The molecule has 0 aromatic rings. The quantitative estimate of drug-likeness (QED) is 0.0195. The lowest BCUT2D eigenvalue weighted by atomic mass is 9.99. The van der Waals surface area contributed by atoms with E-state index in [4.69, 9.17) is 14.2 Å². The Hall–Kier alpha value is -2.64. The standard InChI is InChI=1S/C68H123NO10/c1-4-7-10-13-16-19-22-25-27-29-31-33-35-38-41-44-47-50-53-56-63(73)79-66-65(75)64(74)62(57-70)78-68(66)77-58-59(60(71)54-51-48-45-42-39-36-24-21-18-15-12-9-6-3)69-67(76)61(72)55-52-49-46-43-40-37-34-32-30-28-26-23-20-17-14-11-8-5-2/h17,20,26,28,32,34,40,43,51,54,59-62,64-66,68,70-72,74-75H,4-16,18-19,21-25,27,29-31,33,35-39,41-42,44-50,52-53,55-58H2,1-3H3,(H,69,76)/b20-17-,28-26-,34-32-,43-40-,54-51+. The van der Waals surface area contributed by atoms with Crippen molar-refractivity contribution in [1.82, 2.24) is 5.32 Å². The first-order valence-electron chi connectivity index (χ1n) is 33.1. The second-order valence-corrected chi connectivity index (χ2v) is 22.9. The van der Waals surface area contributed by atoms with Crippen molar-refractivity contribution in [3.8, 4) is 0 Å². The van der Waals surface area contributed by atoms with E-state index in [1.807, 2.05) is 6.08 Å². The van der Waals surface area contributed by atoms with E-state index in [9.17, 15) is 35.1 Å². The average Bonchev–Trinajstić information content (AvgIpc) is 3.49. The number of hydrogen-bond acceptors (Lipinski definition) is 10. The van der Waals surface area contributed by atoms with Crippen LogP contribution in [0.4, 0.5) is 0 Å². The Morgan fingerprint density at radius 1 is 0.494 bits per heavy atom. The monoisotopic (exact) mass is 1110 g/mol. The van der Waals surface area contributed by atoms with Crippen molar-refractivity contribution in [3.63, 3.8) is 0 Å². The Morgan fingerprint density at radius 3 is 1.33 bits per heavy atom. The lowest BCUT2D eigenvalue weighted by Crippen LogP contribution is -2.61. The topological polar surface area (TPSA) is 175 Å². The molecule has 0 aromatic carbocycles. The molecule has 1 heterocycles. The van der Waals surface area contributed by atoms with Crippen LogP contribution >= 0.6 is 0 Å². The number of hydrogen-bond donors (Lipinski definition) is 6. The Kier molecular flexibility index (Phi) is 52.6. The van der Waals surface area contributed by atoms with Crippen molar-refractivity contribution < 1.29 is 49.3 Å². The Morgan fingerprint density at radius 2 is 0.873 bits per heavy atom. The third-order valence-corrected chi connectivity index (χ3v) is 15.4. The molecule has 1 amide bonds. The van der Waals surface area contributed by atoms with Crippen LogP contribution in [-0.4, -0.2) is 99.6 Å². The molecule has 0 aliphatic carbocycles. The van der Waals surface area contributed by atoms with E-state index >= 15 is 0 Å². The number of rotatable bonds is 56. The molecule has 6 N–H and O–H groups in total. The van der Waals surface area contributed by atoms with Crippen molar-refractivity contribution in [1.29, 1.82) is 0 Å². The van der Waals surface area contributed by atoms with Crippen LogP contribution in [0, 0.1) is 0 Å². The largest absolute Gasteiger partial charge is 0.454 e. The van der Waals surface area contributed by atoms with Crippen LogP contribution in [0.2, 0.25) is 0 Å². The van der Waals surface area contributed by atoms with Crippen molar-refractivity contribution in [2.45, 2.75) is 346 Å². The Bertz CT molecular complexity index is 1510. The predicted octanol–water partition coefficient (Wildman–Crippen LogP) is 16.2. The van der Waals surface area contributed by atoms with Gasteiger partial charge in [-0.3, -0.25) is 9.59 Å². The van der Waals surface area contributed by atoms with E-state index in [0.29, 0.717) is 12.8 Å². The summed E-state index contributed by atoms with van der Waals surface area (Å²) in [6.45, 7) is 5.77. The van der Waals surface area contributed by atoms with Crippen LogP contribution in [0.25, 0.3) is 0 Å². The molecule has 1 aliphatic rings. The normalized spacial score (nSPS) is 19.2. The maximum Gasteiger partial charge on any atom is 0.306 e. The van der Waals surface area contributed by atoms with E-state index in [-0.39, 0.29) is 19.4 Å². The van der Waals surface area contributed by atoms with Crippen molar-refractivity contribution in [2.75, 3.05) is 13.2 Å². The van der Waals surface area contributed by atoms with E-state index in [0.717, 1.165) is 77.0 Å². The molecule has 8 atom stereocenters. The molecule has 0 spiro atoms. The van der Waals surface area contributed by atoms with Gasteiger partial charge in [-0.05, 0) is 70.6 Å². The Labute approximate surface area is 484 Å². The van der Waals surface area contributed by atoms with E-state index in [1.54, 1.807) is 6.08 Å². The Balaban J connectivity index is 2.68. The minimum Gasteiger partial charge on any atom is -0.454 e. The summed E-state index contributed by atoms with van der Waals surface area (Å²) < 4.78 is 17.6. The molecule has 0 radical (unpaired) electrons. The highest BCUT2D eigenvalue weighted by Crippen LogP contribution is 2.26. The van der Waals surface area contributed by atoms with Gasteiger partial charge in [0.25, 0.3) is 0 Å². The minimum absolute atomic E-state index is 0.122. The van der Waals surface area contributed by atoms with Crippen LogP contribution in [0.5, 0.6) is 0 Å². The fourth-order valence-electron chi connectivity index (χ4n) is 10.2. The molecule has 1 fully saturated rings. The van der Waals surface area contributed by atoms with Crippen LogP contribution < -0.4 is 5.32 Å². The summed E-state index contributed by atoms with van der Waals surface area (Å²) in [5, 5.41) is 57.1. The van der Waals surface area contributed by atoms with Gasteiger partial charge < -0.3 is 45.1 Å². The first kappa shape index (κ1) is 74.4. The number of carbonyl (C=O) groups excluding carboxylic acids is 2. The van der Waals surface area contributed by atoms with Gasteiger partial charge >= 0.3 is 5.97 Å². The highest BCUT2D eigenvalue weighted by Gasteiger charge is 2.47. The second kappa shape index (κ2) is 55.9. The number of aliphatic hydroxyl groups excluding tert-OH is 5. The summed E-state index contributed by atoms with van der Waals surface area (Å²) in [4.78, 5) is 26.6. The molecular weight excluding hydrogens is 991 g/mol. The number of carbonyl (C=O) groups is 2. The van der Waals surface area contributed by atoms with Crippen molar-refractivity contribution in [3.05, 3.63) is 60.8 Å². The summed E-state index contributed by atoms with van der Waals surface area (Å²) in [7, 11) is 0. The highest BCUT2D eigenvalue weighted by atomic mass is 16.7. The lowest BCUT2D eigenvalue weighted by molar-refractivity contribution is -0.305. The smallest absolute Gasteiger partial charge is 0.306 e. The molecule has 0 aromatic heterocycles. The molecule has 11 nitrogen and oxygen atoms in total. The molecule has 460 valence electrons. The first-order chi connectivity index (χ1) is 38.7. The van der Waals surface area contributed by atoms with Crippen molar-refractivity contribution in [2.24, 2.45) is 0 Å². The number of unbranched alkanes of at least 4 members (excludes halogenated alkanes) is 34. The number of aliphatic hydroxyl groups is 5. The maximum atomic E-state index is 13.4. The number of esters is 1. The third-order valence-electron chi connectivity index (χ3n) is 15.4. The van der Waals surface area contributed by atoms with Crippen LogP contribution in [-0.2, 0) is 23.8 Å². The van der Waals surface area contributed by atoms with Gasteiger partial charge in [-0.25, -0.2) is 0 Å². The fourth-order valence-corrected chi connectivity index (χ4v) is 10.2. The van der Waals surface area contributed by atoms with Gasteiger partial charge in [-0.2, -0.15) is 0 Å². The predicted molar refractivity (Wildman–Crippen MR) is 329 cm³/mol. The van der Waals surface area contributed by atoms with Gasteiger partial charge in [-0.15, -0.1) is 0 Å². The van der Waals surface area contributed by atoms with Gasteiger partial charge in [0.2, 0.25) is 5.91 Å². The van der Waals surface area contributed by atoms with Crippen LogP contribution in [0.15, 0.2) is 60.8 Å². The zero-order valence-electron chi connectivity index (χ0n) is 51.0. The number of ether oxygens (including phenoxy) is 3. The SMILES string of the molecule is CCCCC/C=C\C/C=C\C/C=C\C/C=C\CCCCC(O)C(=O)NC(COC1OC(CO)C(O)C(O)C1OC(=O)CCCCCCCCCCCCCCCCCCCCC)C(O)/C=C/CCCCCCCCCCCCC. The summed E-state index contributed by atoms with van der Waals surface area (Å²) in [6.07, 6.45) is 59.7. The molecule has 1 saturated heterocycles.